The van der Waals surface area contributed by atoms with Crippen molar-refractivity contribution in [3.63, 3.8) is 0 Å². The SMILES string of the molecule is COC(=O)C1=C(Nc2ccc(OC)cc2C(=O)OC)C(=O)N(CCO)C1. The molecule has 0 spiro atoms. The van der Waals surface area contributed by atoms with Crippen molar-refractivity contribution in [3.8, 4) is 5.75 Å². The summed E-state index contributed by atoms with van der Waals surface area (Å²) in [7, 11) is 3.89. The number of carbonyl (C=O) groups excluding carboxylic acids is 3. The molecule has 140 valence electrons. The summed E-state index contributed by atoms with van der Waals surface area (Å²) in [6, 6.07) is 4.59. The second kappa shape index (κ2) is 8.34. The zero-order valence-electron chi connectivity index (χ0n) is 14.7. The molecule has 0 atom stereocenters. The highest BCUT2D eigenvalue weighted by atomic mass is 16.5. The Bertz CT molecular complexity index is 757. The van der Waals surface area contributed by atoms with E-state index in [0.717, 1.165) is 0 Å². The number of benzene rings is 1. The van der Waals surface area contributed by atoms with Gasteiger partial charge in [0.2, 0.25) is 0 Å². The van der Waals surface area contributed by atoms with Gasteiger partial charge in [0, 0.05) is 6.54 Å². The Morgan fingerprint density at radius 1 is 1.19 bits per heavy atom. The van der Waals surface area contributed by atoms with Crippen molar-refractivity contribution < 1.29 is 33.7 Å². The number of aliphatic hydroxyl groups is 1. The van der Waals surface area contributed by atoms with E-state index >= 15 is 0 Å². The Balaban J connectivity index is 2.45. The monoisotopic (exact) mass is 364 g/mol. The third-order valence-corrected chi connectivity index (χ3v) is 3.85. The number of hydrogen-bond acceptors (Lipinski definition) is 8. The molecule has 0 fully saturated rings. The van der Waals surface area contributed by atoms with Crippen LogP contribution in [-0.2, 0) is 19.1 Å². The van der Waals surface area contributed by atoms with Gasteiger partial charge < -0.3 is 29.5 Å². The first-order valence-corrected chi connectivity index (χ1v) is 7.71. The minimum absolute atomic E-state index is 0.00187. The van der Waals surface area contributed by atoms with Crippen LogP contribution in [0.5, 0.6) is 5.75 Å². The summed E-state index contributed by atoms with van der Waals surface area (Å²) in [6.45, 7) is -0.182. The molecule has 1 heterocycles. The molecule has 0 bridgehead atoms. The summed E-state index contributed by atoms with van der Waals surface area (Å²) in [6.07, 6.45) is 0. The van der Waals surface area contributed by atoms with Crippen LogP contribution in [0, 0.1) is 0 Å². The van der Waals surface area contributed by atoms with Crippen molar-refractivity contribution >= 4 is 23.5 Å². The number of aliphatic hydroxyl groups excluding tert-OH is 1. The van der Waals surface area contributed by atoms with Gasteiger partial charge in [-0.25, -0.2) is 9.59 Å². The molecule has 0 saturated heterocycles. The molecule has 26 heavy (non-hydrogen) atoms. The van der Waals surface area contributed by atoms with E-state index in [-0.39, 0.29) is 42.2 Å². The molecule has 2 rings (SSSR count). The summed E-state index contributed by atoms with van der Waals surface area (Å²) in [4.78, 5) is 37.9. The van der Waals surface area contributed by atoms with Crippen molar-refractivity contribution in [2.24, 2.45) is 0 Å². The average molecular weight is 364 g/mol. The van der Waals surface area contributed by atoms with Crippen molar-refractivity contribution in [2.45, 2.75) is 0 Å². The summed E-state index contributed by atoms with van der Waals surface area (Å²) in [5.74, 6) is -1.36. The zero-order chi connectivity index (χ0) is 19.3. The quantitative estimate of drug-likeness (QED) is 0.658. The second-order valence-corrected chi connectivity index (χ2v) is 5.32. The highest BCUT2D eigenvalue weighted by Gasteiger charge is 2.35. The fourth-order valence-electron chi connectivity index (χ4n) is 2.52. The average Bonchev–Trinajstić information content (AvgIpc) is 2.97. The first kappa shape index (κ1) is 19.3. The molecule has 1 aromatic carbocycles. The number of esters is 2. The van der Waals surface area contributed by atoms with E-state index in [4.69, 9.17) is 19.3 Å². The molecule has 9 heteroatoms. The van der Waals surface area contributed by atoms with Crippen LogP contribution in [0.25, 0.3) is 0 Å². The molecule has 0 radical (unpaired) electrons. The van der Waals surface area contributed by atoms with Gasteiger partial charge >= 0.3 is 11.9 Å². The van der Waals surface area contributed by atoms with Gasteiger partial charge in [-0.15, -0.1) is 0 Å². The van der Waals surface area contributed by atoms with Crippen LogP contribution in [0.1, 0.15) is 10.4 Å². The van der Waals surface area contributed by atoms with Crippen LogP contribution >= 0.6 is 0 Å². The number of carbonyl (C=O) groups is 3. The number of rotatable bonds is 7. The molecule has 2 N–H and O–H groups in total. The van der Waals surface area contributed by atoms with Gasteiger partial charge in [0.25, 0.3) is 5.91 Å². The van der Waals surface area contributed by atoms with Crippen LogP contribution in [0.15, 0.2) is 29.5 Å². The Labute approximate surface area is 150 Å². The van der Waals surface area contributed by atoms with E-state index in [9.17, 15) is 14.4 Å². The highest BCUT2D eigenvalue weighted by molar-refractivity contribution is 6.09. The summed E-state index contributed by atoms with van der Waals surface area (Å²) >= 11 is 0. The number of methoxy groups -OCH3 is 3. The Hall–Kier alpha value is -3.07. The standard InChI is InChI=1S/C17H20N2O7/c1-24-10-4-5-13(11(8-10)16(22)25-2)18-14-12(17(23)26-3)9-19(6-7-20)15(14)21/h4-5,8,18,20H,6-7,9H2,1-3H3. The third-order valence-electron chi connectivity index (χ3n) is 3.85. The molecule has 0 aromatic heterocycles. The van der Waals surface area contributed by atoms with Crippen molar-refractivity contribution in [1.29, 1.82) is 0 Å². The zero-order valence-corrected chi connectivity index (χ0v) is 14.7. The number of anilines is 1. The van der Waals surface area contributed by atoms with E-state index in [2.05, 4.69) is 5.32 Å². The van der Waals surface area contributed by atoms with Gasteiger partial charge in [0.15, 0.2) is 0 Å². The van der Waals surface area contributed by atoms with E-state index in [1.165, 1.54) is 38.4 Å². The van der Waals surface area contributed by atoms with E-state index in [1.807, 2.05) is 0 Å². The summed E-state index contributed by atoms with van der Waals surface area (Å²) < 4.78 is 14.6. The van der Waals surface area contributed by atoms with Crippen LogP contribution in [0.3, 0.4) is 0 Å². The van der Waals surface area contributed by atoms with Crippen molar-refractivity contribution in [1.82, 2.24) is 4.90 Å². The van der Waals surface area contributed by atoms with Crippen LogP contribution < -0.4 is 10.1 Å². The fraction of sp³-hybridized carbons (Fsp3) is 0.353. The molecule has 0 aliphatic carbocycles. The minimum Gasteiger partial charge on any atom is -0.497 e. The van der Waals surface area contributed by atoms with E-state index in [1.54, 1.807) is 6.07 Å². The second-order valence-electron chi connectivity index (χ2n) is 5.32. The number of amides is 1. The normalized spacial score (nSPS) is 13.7. The Morgan fingerprint density at radius 2 is 1.88 bits per heavy atom. The molecule has 9 nitrogen and oxygen atoms in total. The number of ether oxygens (including phenoxy) is 3. The number of nitrogens with zero attached hydrogens (tertiary/aromatic N) is 1. The fourth-order valence-corrected chi connectivity index (χ4v) is 2.52. The molecule has 0 saturated carbocycles. The van der Waals surface area contributed by atoms with Gasteiger partial charge in [0.05, 0.1) is 51.3 Å². The Kier molecular flexibility index (Phi) is 6.18. The minimum atomic E-state index is -0.672. The molecule has 0 unspecified atom stereocenters. The van der Waals surface area contributed by atoms with Crippen LogP contribution in [0.4, 0.5) is 5.69 Å². The lowest BCUT2D eigenvalue weighted by atomic mass is 10.1. The highest BCUT2D eigenvalue weighted by Crippen LogP contribution is 2.27. The molecule has 1 aliphatic rings. The van der Waals surface area contributed by atoms with Gasteiger partial charge in [-0.3, -0.25) is 4.79 Å². The van der Waals surface area contributed by atoms with Crippen LogP contribution in [-0.4, -0.2) is 68.9 Å². The van der Waals surface area contributed by atoms with Gasteiger partial charge in [-0.05, 0) is 18.2 Å². The smallest absolute Gasteiger partial charge is 0.340 e. The van der Waals surface area contributed by atoms with Gasteiger partial charge in [-0.1, -0.05) is 0 Å². The third kappa shape index (κ3) is 3.77. The lowest BCUT2D eigenvalue weighted by Gasteiger charge is -2.16. The van der Waals surface area contributed by atoms with E-state index in [0.29, 0.717) is 5.75 Å². The number of β-amino-alcohol motifs (C(OH)–C–C–N with tert-alkyl or cyclic N) is 1. The van der Waals surface area contributed by atoms with E-state index < -0.39 is 17.8 Å². The first-order valence-electron chi connectivity index (χ1n) is 7.71. The molecular weight excluding hydrogens is 344 g/mol. The lowest BCUT2D eigenvalue weighted by Crippen LogP contribution is -2.31. The molecule has 1 amide bonds. The van der Waals surface area contributed by atoms with Crippen molar-refractivity contribution in [3.05, 3.63) is 35.0 Å². The molecule has 1 aromatic rings. The summed E-state index contributed by atoms with van der Waals surface area (Å²) in [5, 5.41) is 11.9. The predicted molar refractivity (Wildman–Crippen MR) is 90.7 cm³/mol. The summed E-state index contributed by atoms with van der Waals surface area (Å²) in [5.41, 5.74) is 0.503. The van der Waals surface area contributed by atoms with Crippen LogP contribution in [0.2, 0.25) is 0 Å². The Morgan fingerprint density at radius 3 is 2.46 bits per heavy atom. The molecule has 1 aliphatic heterocycles. The maximum atomic E-state index is 12.6. The number of hydrogen-bond donors (Lipinski definition) is 2. The predicted octanol–water partition coefficient (Wildman–Crippen LogP) is 0.155. The molecular formula is C17H20N2O7. The van der Waals surface area contributed by atoms with Gasteiger partial charge in [0.1, 0.15) is 11.4 Å². The largest absolute Gasteiger partial charge is 0.497 e. The number of nitrogens with one attached hydrogen (secondary N) is 1. The maximum absolute atomic E-state index is 12.6. The topological polar surface area (TPSA) is 114 Å². The first-order chi connectivity index (χ1) is 12.5. The maximum Gasteiger partial charge on any atom is 0.340 e. The lowest BCUT2D eigenvalue weighted by molar-refractivity contribution is -0.136. The van der Waals surface area contributed by atoms with Gasteiger partial charge in [-0.2, -0.15) is 0 Å². The van der Waals surface area contributed by atoms with Crippen molar-refractivity contribution in [2.75, 3.05) is 46.3 Å².